The summed E-state index contributed by atoms with van der Waals surface area (Å²) in [4.78, 5) is 14.7. The van der Waals surface area contributed by atoms with Crippen LogP contribution >= 0.6 is 11.6 Å². The molecule has 1 amide bonds. The highest BCUT2D eigenvalue weighted by Gasteiger charge is 2.23. The van der Waals surface area contributed by atoms with Crippen molar-refractivity contribution >= 4 is 17.5 Å². The van der Waals surface area contributed by atoms with Crippen molar-refractivity contribution in [3.8, 4) is 5.75 Å². The van der Waals surface area contributed by atoms with Crippen LogP contribution in [0.5, 0.6) is 5.75 Å². The Morgan fingerprint density at radius 3 is 2.41 bits per heavy atom. The summed E-state index contributed by atoms with van der Waals surface area (Å²) in [7, 11) is 0. The Balaban J connectivity index is 1.62. The fourth-order valence-electron chi connectivity index (χ4n) is 3.39. The Bertz CT molecular complexity index is 790. The van der Waals surface area contributed by atoms with Gasteiger partial charge in [0.2, 0.25) is 0 Å². The molecule has 0 aliphatic carbocycles. The average molecular weight is 416 g/mol. The van der Waals surface area contributed by atoms with Gasteiger partial charge in [-0.05, 0) is 53.6 Å². The number of halogens is 1. The van der Waals surface area contributed by atoms with Crippen LogP contribution in [0, 0.1) is 0 Å². The van der Waals surface area contributed by atoms with Gasteiger partial charge in [-0.3, -0.25) is 4.79 Å². The van der Waals surface area contributed by atoms with Gasteiger partial charge in [-0.2, -0.15) is 0 Å². The van der Waals surface area contributed by atoms with E-state index in [-0.39, 0.29) is 24.0 Å². The SMILES string of the molecule is CC(C)(C)c1ccc(OCC(=O)N(Cc2ccc(Cl)cc2)CC2CCCO2)cc1. The van der Waals surface area contributed by atoms with Gasteiger partial charge in [-0.1, -0.05) is 56.6 Å². The summed E-state index contributed by atoms with van der Waals surface area (Å²) in [5, 5.41) is 0.688. The summed E-state index contributed by atoms with van der Waals surface area (Å²) in [5.41, 5.74) is 2.36. The lowest BCUT2D eigenvalue weighted by atomic mass is 9.87. The van der Waals surface area contributed by atoms with E-state index < -0.39 is 0 Å². The maximum atomic E-state index is 12.9. The third-order valence-corrected chi connectivity index (χ3v) is 5.42. The van der Waals surface area contributed by atoms with Crippen LogP contribution in [0.3, 0.4) is 0 Å². The van der Waals surface area contributed by atoms with Gasteiger partial charge in [0.15, 0.2) is 6.61 Å². The minimum absolute atomic E-state index is 0.00910. The maximum absolute atomic E-state index is 12.9. The molecule has 3 rings (SSSR count). The minimum Gasteiger partial charge on any atom is -0.484 e. The smallest absolute Gasteiger partial charge is 0.260 e. The van der Waals surface area contributed by atoms with Gasteiger partial charge in [0.1, 0.15) is 5.75 Å². The van der Waals surface area contributed by atoms with Gasteiger partial charge in [0, 0.05) is 24.7 Å². The van der Waals surface area contributed by atoms with E-state index in [2.05, 4.69) is 32.9 Å². The van der Waals surface area contributed by atoms with Crippen molar-refractivity contribution in [3.63, 3.8) is 0 Å². The number of benzene rings is 2. The van der Waals surface area contributed by atoms with Crippen molar-refractivity contribution in [2.75, 3.05) is 19.8 Å². The summed E-state index contributed by atoms with van der Waals surface area (Å²) in [6, 6.07) is 15.6. The fourth-order valence-corrected chi connectivity index (χ4v) is 3.51. The van der Waals surface area contributed by atoms with Gasteiger partial charge in [0.05, 0.1) is 6.10 Å². The minimum atomic E-state index is -0.0460. The molecular formula is C24H30ClNO3. The van der Waals surface area contributed by atoms with Crippen LogP contribution < -0.4 is 4.74 Å². The van der Waals surface area contributed by atoms with Crippen LogP contribution in [-0.2, 0) is 21.5 Å². The van der Waals surface area contributed by atoms with Gasteiger partial charge >= 0.3 is 0 Å². The van der Waals surface area contributed by atoms with Crippen molar-refractivity contribution < 1.29 is 14.3 Å². The van der Waals surface area contributed by atoms with E-state index in [0.29, 0.717) is 23.9 Å². The second kappa shape index (κ2) is 9.64. The van der Waals surface area contributed by atoms with Crippen molar-refractivity contribution in [2.45, 2.75) is 51.7 Å². The molecule has 1 aliphatic rings. The molecule has 0 N–H and O–H groups in total. The van der Waals surface area contributed by atoms with Gasteiger partial charge in [-0.25, -0.2) is 0 Å². The maximum Gasteiger partial charge on any atom is 0.260 e. The monoisotopic (exact) mass is 415 g/mol. The first-order chi connectivity index (χ1) is 13.8. The van der Waals surface area contributed by atoms with Crippen molar-refractivity contribution in [1.29, 1.82) is 0 Å². The summed E-state index contributed by atoms with van der Waals surface area (Å²) in [6.45, 7) is 8.39. The molecule has 1 atom stereocenters. The van der Waals surface area contributed by atoms with Crippen LogP contribution in [0.25, 0.3) is 0 Å². The van der Waals surface area contributed by atoms with Crippen LogP contribution in [0.1, 0.15) is 44.7 Å². The molecule has 5 heteroatoms. The topological polar surface area (TPSA) is 38.8 Å². The van der Waals surface area contributed by atoms with E-state index in [1.807, 2.05) is 41.3 Å². The number of ether oxygens (including phenoxy) is 2. The molecule has 0 radical (unpaired) electrons. The second-order valence-electron chi connectivity index (χ2n) is 8.60. The molecule has 1 heterocycles. The first-order valence-corrected chi connectivity index (χ1v) is 10.6. The lowest BCUT2D eigenvalue weighted by molar-refractivity contribution is -0.135. The fraction of sp³-hybridized carbons (Fsp3) is 0.458. The van der Waals surface area contributed by atoms with Crippen LogP contribution in [0.2, 0.25) is 5.02 Å². The summed E-state index contributed by atoms with van der Waals surface area (Å²) in [6.07, 6.45) is 2.13. The molecule has 29 heavy (non-hydrogen) atoms. The summed E-state index contributed by atoms with van der Waals surface area (Å²) >= 11 is 5.98. The van der Waals surface area contributed by atoms with Gasteiger partial charge in [0.25, 0.3) is 5.91 Å². The lowest BCUT2D eigenvalue weighted by Crippen LogP contribution is -2.39. The number of hydrogen-bond acceptors (Lipinski definition) is 3. The Labute approximate surface area is 178 Å². The van der Waals surface area contributed by atoms with E-state index in [1.54, 1.807) is 0 Å². The van der Waals surface area contributed by atoms with Crippen molar-refractivity contribution in [2.24, 2.45) is 0 Å². The van der Waals surface area contributed by atoms with Crippen LogP contribution in [0.4, 0.5) is 0 Å². The Kier molecular flexibility index (Phi) is 7.20. The first kappa shape index (κ1) is 21.7. The molecule has 1 unspecified atom stereocenters. The average Bonchev–Trinajstić information content (AvgIpc) is 3.20. The molecule has 1 aliphatic heterocycles. The highest BCUT2D eigenvalue weighted by atomic mass is 35.5. The molecule has 0 spiro atoms. The molecule has 1 fully saturated rings. The van der Waals surface area contributed by atoms with Gasteiger partial charge < -0.3 is 14.4 Å². The highest BCUT2D eigenvalue weighted by Crippen LogP contribution is 2.24. The molecule has 4 nitrogen and oxygen atoms in total. The number of amides is 1. The normalized spacial score (nSPS) is 16.6. The predicted molar refractivity (Wildman–Crippen MR) is 116 cm³/mol. The van der Waals surface area contributed by atoms with Crippen LogP contribution in [-0.4, -0.2) is 36.7 Å². The zero-order chi connectivity index (χ0) is 20.9. The zero-order valence-electron chi connectivity index (χ0n) is 17.5. The van der Waals surface area contributed by atoms with E-state index in [1.165, 1.54) is 5.56 Å². The number of rotatable bonds is 7. The van der Waals surface area contributed by atoms with Gasteiger partial charge in [-0.15, -0.1) is 0 Å². The standard InChI is InChI=1S/C24H30ClNO3/c1-24(2,3)19-8-12-21(13-9-19)29-17-23(27)26(16-22-5-4-14-28-22)15-18-6-10-20(25)11-7-18/h6-13,22H,4-5,14-17H2,1-3H3. The van der Waals surface area contributed by atoms with Crippen molar-refractivity contribution in [1.82, 2.24) is 4.90 Å². The molecule has 156 valence electrons. The molecule has 0 saturated carbocycles. The van der Waals surface area contributed by atoms with Crippen molar-refractivity contribution in [3.05, 3.63) is 64.7 Å². The first-order valence-electron chi connectivity index (χ1n) is 10.2. The number of carbonyl (C=O) groups excluding carboxylic acids is 1. The summed E-state index contributed by atoms with van der Waals surface area (Å²) in [5.74, 6) is 0.658. The third kappa shape index (κ3) is 6.48. The largest absolute Gasteiger partial charge is 0.484 e. The Hall–Kier alpha value is -2.04. The highest BCUT2D eigenvalue weighted by molar-refractivity contribution is 6.30. The molecule has 0 bridgehead atoms. The molecule has 2 aromatic carbocycles. The number of nitrogens with zero attached hydrogens (tertiary/aromatic N) is 1. The van der Waals surface area contributed by atoms with E-state index in [9.17, 15) is 4.79 Å². The number of carbonyl (C=O) groups is 1. The van der Waals surface area contributed by atoms with E-state index in [4.69, 9.17) is 21.1 Å². The quantitative estimate of drug-likeness (QED) is 0.621. The molecule has 1 saturated heterocycles. The third-order valence-electron chi connectivity index (χ3n) is 5.17. The Morgan fingerprint density at radius 1 is 1.14 bits per heavy atom. The Morgan fingerprint density at radius 2 is 1.83 bits per heavy atom. The predicted octanol–water partition coefficient (Wildman–Crippen LogP) is 5.22. The zero-order valence-corrected chi connectivity index (χ0v) is 18.2. The molecule has 0 aromatic heterocycles. The summed E-state index contributed by atoms with van der Waals surface area (Å²) < 4.78 is 11.5. The van der Waals surface area contributed by atoms with E-state index in [0.717, 1.165) is 25.0 Å². The van der Waals surface area contributed by atoms with Crippen LogP contribution in [0.15, 0.2) is 48.5 Å². The number of hydrogen-bond donors (Lipinski definition) is 0. The molecule has 2 aromatic rings. The second-order valence-corrected chi connectivity index (χ2v) is 9.04. The van der Waals surface area contributed by atoms with E-state index >= 15 is 0 Å². The lowest BCUT2D eigenvalue weighted by Gasteiger charge is -2.26. The molecular weight excluding hydrogens is 386 g/mol.